The molecule has 0 atom stereocenters. The number of nitrogens with zero attached hydrogens (tertiary/aromatic N) is 1. The third kappa shape index (κ3) is 6.99. The molecule has 0 bridgehead atoms. The first-order valence-corrected chi connectivity index (χ1v) is 12.9. The summed E-state index contributed by atoms with van der Waals surface area (Å²) in [6, 6.07) is 14.3. The van der Waals surface area contributed by atoms with Crippen LogP contribution in [0.5, 0.6) is 0 Å². The fourth-order valence-corrected chi connectivity index (χ4v) is 4.67. The third-order valence-electron chi connectivity index (χ3n) is 6.78. The normalized spacial score (nSPS) is 14.5. The Balaban J connectivity index is 1.26. The Kier molecular flexibility index (Phi) is 8.76. The molecule has 1 heterocycles. The number of hydrogen-bond acceptors (Lipinski definition) is 6. The predicted octanol–water partition coefficient (Wildman–Crippen LogP) is 5.57. The van der Waals surface area contributed by atoms with Gasteiger partial charge in [-0.05, 0) is 55.7 Å². The number of carbonyl (C=O) groups excluding carboxylic acids is 2. The Hall–Kier alpha value is -4.35. The molecule has 3 aromatic rings. The average Bonchev–Trinajstić information content (AvgIpc) is 3.59. The molecule has 1 aliphatic carbocycles. The summed E-state index contributed by atoms with van der Waals surface area (Å²) in [6.07, 6.45) is -1.68. The number of carbonyl (C=O) groups is 3. The first-order valence-electron chi connectivity index (χ1n) is 12.9. The van der Waals surface area contributed by atoms with Crippen LogP contribution in [0.25, 0.3) is 11.5 Å². The number of halogens is 3. The summed E-state index contributed by atoms with van der Waals surface area (Å²) in [7, 11) is 0. The Morgan fingerprint density at radius 2 is 1.60 bits per heavy atom. The van der Waals surface area contributed by atoms with Crippen LogP contribution in [0.2, 0.25) is 0 Å². The lowest BCUT2D eigenvalue weighted by atomic mass is 9.82. The van der Waals surface area contributed by atoms with Crippen molar-refractivity contribution in [3.05, 3.63) is 66.1 Å². The van der Waals surface area contributed by atoms with E-state index < -0.39 is 34.9 Å². The highest BCUT2D eigenvalue weighted by atomic mass is 19.4. The van der Waals surface area contributed by atoms with Crippen LogP contribution < -0.4 is 16.0 Å². The van der Waals surface area contributed by atoms with Gasteiger partial charge in [0.1, 0.15) is 0 Å². The predicted molar refractivity (Wildman–Crippen MR) is 141 cm³/mol. The molecule has 9 nitrogen and oxygen atoms in total. The van der Waals surface area contributed by atoms with Gasteiger partial charge in [-0.15, -0.1) is 0 Å². The van der Waals surface area contributed by atoms with E-state index in [0.717, 1.165) is 12.8 Å². The second kappa shape index (κ2) is 12.2. The molecule has 0 saturated heterocycles. The van der Waals surface area contributed by atoms with Gasteiger partial charge in [0.15, 0.2) is 5.69 Å². The van der Waals surface area contributed by atoms with Crippen LogP contribution in [0.1, 0.15) is 54.8 Å². The Morgan fingerprint density at radius 3 is 2.23 bits per heavy atom. The zero-order chi connectivity index (χ0) is 28.8. The van der Waals surface area contributed by atoms with Crippen molar-refractivity contribution in [3.63, 3.8) is 0 Å². The number of amides is 2. The van der Waals surface area contributed by atoms with Gasteiger partial charge in [0.2, 0.25) is 17.6 Å². The van der Waals surface area contributed by atoms with Crippen LogP contribution in [0.3, 0.4) is 0 Å². The van der Waals surface area contributed by atoms with Gasteiger partial charge in [0, 0.05) is 36.4 Å². The maximum atomic E-state index is 13.5. The van der Waals surface area contributed by atoms with Gasteiger partial charge in [0.25, 0.3) is 5.91 Å². The average molecular weight is 559 g/mol. The lowest BCUT2D eigenvalue weighted by Crippen LogP contribution is -2.36. The molecule has 0 aliphatic heterocycles. The number of carboxylic acids is 1. The lowest BCUT2D eigenvalue weighted by molar-refractivity contribution is -0.153. The molecule has 4 rings (SSSR count). The number of benzene rings is 2. The van der Waals surface area contributed by atoms with Crippen molar-refractivity contribution >= 4 is 29.2 Å². The van der Waals surface area contributed by atoms with Crippen LogP contribution in [-0.2, 0) is 15.8 Å². The second-order valence-electron chi connectivity index (χ2n) is 9.69. The van der Waals surface area contributed by atoms with E-state index in [9.17, 15) is 32.7 Å². The molecule has 4 N–H and O–H groups in total. The largest absolute Gasteiger partial charge is 0.481 e. The SMILES string of the molecule is O=C(CC1(C(=O)O)CCCC1)NCCCNc1ccc(NC(=O)c2nc(-c3ccccc3)oc2C(F)(F)F)cc1. The number of alkyl halides is 3. The van der Waals surface area contributed by atoms with Crippen LogP contribution in [0.4, 0.5) is 24.5 Å². The van der Waals surface area contributed by atoms with Gasteiger partial charge in [-0.25, -0.2) is 4.98 Å². The highest BCUT2D eigenvalue weighted by Crippen LogP contribution is 2.41. The number of aliphatic carboxylic acids is 1. The highest BCUT2D eigenvalue weighted by Gasteiger charge is 2.43. The minimum absolute atomic E-state index is 0.0185. The fourth-order valence-electron chi connectivity index (χ4n) is 4.67. The molecule has 0 radical (unpaired) electrons. The van der Waals surface area contributed by atoms with E-state index >= 15 is 0 Å². The molecule has 1 aliphatic rings. The topological polar surface area (TPSA) is 134 Å². The van der Waals surface area contributed by atoms with E-state index in [1.807, 2.05) is 0 Å². The second-order valence-corrected chi connectivity index (χ2v) is 9.69. The first kappa shape index (κ1) is 28.7. The van der Waals surface area contributed by atoms with Crippen molar-refractivity contribution in [2.45, 2.75) is 44.7 Å². The number of aromatic nitrogens is 1. The minimum Gasteiger partial charge on any atom is -0.481 e. The van der Waals surface area contributed by atoms with E-state index in [-0.39, 0.29) is 23.9 Å². The molecule has 12 heteroatoms. The smallest absolute Gasteiger partial charge is 0.452 e. The van der Waals surface area contributed by atoms with Gasteiger partial charge in [0.05, 0.1) is 5.41 Å². The van der Waals surface area contributed by atoms with Crippen molar-refractivity contribution < 1.29 is 37.1 Å². The summed E-state index contributed by atoms with van der Waals surface area (Å²) in [6.45, 7) is 0.881. The standard InChI is InChI=1S/C28H29F3N4O5/c29-28(30,31)23-22(35-25(40-23)18-7-2-1-3-8-18)24(37)34-20-11-9-19(10-12-20)32-15-6-16-33-21(36)17-27(26(38)39)13-4-5-14-27/h1-3,7-12,32H,4-6,13-17H2,(H,33,36)(H,34,37)(H,38,39). The number of carboxylic acid groups (broad SMARTS) is 1. The molecular weight excluding hydrogens is 529 g/mol. The molecule has 2 aromatic carbocycles. The number of nitrogens with one attached hydrogen (secondary N) is 3. The first-order chi connectivity index (χ1) is 19.1. The Labute approximate surface area is 228 Å². The molecule has 2 amide bonds. The Morgan fingerprint density at radius 1 is 0.950 bits per heavy atom. The lowest BCUT2D eigenvalue weighted by Gasteiger charge is -2.22. The Bertz CT molecular complexity index is 1330. The van der Waals surface area contributed by atoms with Gasteiger partial charge in [-0.3, -0.25) is 14.4 Å². The number of oxazole rings is 1. The van der Waals surface area contributed by atoms with Crippen molar-refractivity contribution in [2.24, 2.45) is 5.41 Å². The molecule has 0 spiro atoms. The van der Waals surface area contributed by atoms with E-state index in [4.69, 9.17) is 4.42 Å². The quantitative estimate of drug-likeness (QED) is 0.226. The summed E-state index contributed by atoms with van der Waals surface area (Å²) < 4.78 is 45.5. The third-order valence-corrected chi connectivity index (χ3v) is 6.78. The van der Waals surface area contributed by atoms with E-state index in [0.29, 0.717) is 43.6 Å². The molecular formula is C28H29F3N4O5. The molecule has 1 saturated carbocycles. The molecule has 212 valence electrons. The number of rotatable bonds is 11. The van der Waals surface area contributed by atoms with Gasteiger partial charge in [-0.2, -0.15) is 13.2 Å². The van der Waals surface area contributed by atoms with Gasteiger partial charge in [-0.1, -0.05) is 31.0 Å². The zero-order valence-electron chi connectivity index (χ0n) is 21.5. The molecule has 1 fully saturated rings. The zero-order valence-corrected chi connectivity index (χ0v) is 21.5. The van der Waals surface area contributed by atoms with Crippen molar-refractivity contribution in [3.8, 4) is 11.5 Å². The van der Waals surface area contributed by atoms with Crippen molar-refractivity contribution in [2.75, 3.05) is 23.7 Å². The van der Waals surface area contributed by atoms with Crippen molar-refractivity contribution in [1.29, 1.82) is 0 Å². The summed E-state index contributed by atoms with van der Waals surface area (Å²) in [4.78, 5) is 40.3. The highest BCUT2D eigenvalue weighted by molar-refractivity contribution is 6.04. The molecule has 1 aromatic heterocycles. The maximum Gasteiger partial charge on any atom is 0.452 e. The van der Waals surface area contributed by atoms with Crippen LogP contribution in [0.15, 0.2) is 59.0 Å². The molecule has 0 unspecified atom stereocenters. The summed E-state index contributed by atoms with van der Waals surface area (Å²) >= 11 is 0. The van der Waals surface area contributed by atoms with Crippen LogP contribution >= 0.6 is 0 Å². The van der Waals surface area contributed by atoms with Crippen LogP contribution in [-0.4, -0.2) is 41.0 Å². The number of anilines is 2. The van der Waals surface area contributed by atoms with Crippen LogP contribution in [0, 0.1) is 5.41 Å². The van der Waals surface area contributed by atoms with Crippen molar-refractivity contribution in [1.82, 2.24) is 10.3 Å². The van der Waals surface area contributed by atoms with E-state index in [1.165, 1.54) is 24.3 Å². The maximum absolute atomic E-state index is 13.5. The molecule has 40 heavy (non-hydrogen) atoms. The van der Waals surface area contributed by atoms with Gasteiger partial charge < -0.3 is 25.5 Å². The summed E-state index contributed by atoms with van der Waals surface area (Å²) in [5.74, 6) is -4.04. The minimum atomic E-state index is -4.91. The summed E-state index contributed by atoms with van der Waals surface area (Å²) in [5.41, 5.74) is -0.549. The fraction of sp³-hybridized carbons (Fsp3) is 0.357. The van der Waals surface area contributed by atoms with Gasteiger partial charge >= 0.3 is 12.1 Å². The number of hydrogen-bond donors (Lipinski definition) is 4. The van der Waals surface area contributed by atoms with E-state index in [1.54, 1.807) is 30.3 Å². The monoisotopic (exact) mass is 558 g/mol. The summed E-state index contributed by atoms with van der Waals surface area (Å²) in [5, 5.41) is 17.8. The van der Waals surface area contributed by atoms with E-state index in [2.05, 4.69) is 20.9 Å².